The number of halogens is 2. The van der Waals surface area contributed by atoms with Crippen LogP contribution in [0.2, 0.25) is 0 Å². The summed E-state index contributed by atoms with van der Waals surface area (Å²) in [6.45, 7) is 1.99. The molecule has 0 radical (unpaired) electrons. The highest BCUT2D eigenvalue weighted by Gasteiger charge is 2.18. The Labute approximate surface area is 217 Å². The number of methoxy groups -OCH3 is 1. The van der Waals surface area contributed by atoms with Crippen molar-refractivity contribution in [2.75, 3.05) is 31.8 Å². The Balaban J connectivity index is 0.000000301. The van der Waals surface area contributed by atoms with E-state index in [1.807, 2.05) is 12.1 Å². The van der Waals surface area contributed by atoms with Gasteiger partial charge in [-0.3, -0.25) is 9.36 Å². The quantitative estimate of drug-likeness (QED) is 0.339. The number of pyridine rings is 1. The van der Waals surface area contributed by atoms with Crippen LogP contribution >= 0.6 is 12.6 Å². The Morgan fingerprint density at radius 1 is 1.11 bits per heavy atom. The highest BCUT2D eigenvalue weighted by molar-refractivity contribution is 7.80. The lowest BCUT2D eigenvalue weighted by molar-refractivity contribution is 0.0611. The van der Waals surface area contributed by atoms with E-state index in [1.54, 1.807) is 22.9 Å². The van der Waals surface area contributed by atoms with E-state index in [1.165, 1.54) is 13.2 Å². The maximum Gasteiger partial charge on any atom is 0.262 e. The monoisotopic (exact) mass is 527 g/mol. The number of hydrogen-bond donors (Lipinski definition) is 3. The van der Waals surface area contributed by atoms with Crippen molar-refractivity contribution >= 4 is 35.2 Å². The highest BCUT2D eigenvalue weighted by Crippen LogP contribution is 2.28. The van der Waals surface area contributed by atoms with Crippen molar-refractivity contribution in [3.63, 3.8) is 0 Å². The molecule has 4 N–H and O–H groups in total. The predicted octanol–water partition coefficient (Wildman–Crippen LogP) is 4.31. The normalized spacial score (nSPS) is 13.7. The molecule has 8 nitrogen and oxygen atoms in total. The third kappa shape index (κ3) is 6.17. The summed E-state index contributed by atoms with van der Waals surface area (Å²) in [6.07, 6.45) is 3.50. The first-order valence-electron chi connectivity index (χ1n) is 11.6. The molecule has 0 spiro atoms. The lowest BCUT2D eigenvalue weighted by Crippen LogP contribution is -2.30. The molecule has 0 saturated carbocycles. The van der Waals surface area contributed by atoms with Crippen molar-refractivity contribution in [2.45, 2.75) is 24.3 Å². The molecule has 5 rings (SSSR count). The van der Waals surface area contributed by atoms with Crippen molar-refractivity contribution in [3.8, 4) is 17.0 Å². The summed E-state index contributed by atoms with van der Waals surface area (Å²) < 4.78 is 36.4. The van der Waals surface area contributed by atoms with Crippen LogP contribution in [0.3, 0.4) is 0 Å². The van der Waals surface area contributed by atoms with Gasteiger partial charge in [0.05, 0.1) is 23.7 Å². The third-order valence-electron chi connectivity index (χ3n) is 6.08. The Kier molecular flexibility index (Phi) is 8.24. The van der Waals surface area contributed by atoms with Gasteiger partial charge in [0.15, 0.2) is 0 Å². The van der Waals surface area contributed by atoms with Gasteiger partial charge in [0, 0.05) is 42.5 Å². The van der Waals surface area contributed by atoms with Gasteiger partial charge in [-0.25, -0.2) is 18.7 Å². The van der Waals surface area contributed by atoms with E-state index < -0.39 is 11.6 Å². The zero-order valence-electron chi connectivity index (χ0n) is 20.2. The van der Waals surface area contributed by atoms with Crippen LogP contribution in [0.15, 0.2) is 58.4 Å². The van der Waals surface area contributed by atoms with Crippen molar-refractivity contribution in [1.82, 2.24) is 14.5 Å². The molecule has 1 aliphatic rings. The summed E-state index contributed by atoms with van der Waals surface area (Å²) in [4.78, 5) is 21.9. The summed E-state index contributed by atoms with van der Waals surface area (Å²) >= 11 is 3.70. The largest absolute Gasteiger partial charge is 0.480 e. The molecule has 194 valence electrons. The molecule has 4 aromatic rings. The molecule has 11 heteroatoms. The van der Waals surface area contributed by atoms with Gasteiger partial charge in [-0.15, -0.1) is 12.6 Å². The lowest BCUT2D eigenvalue weighted by Gasteiger charge is -2.23. The van der Waals surface area contributed by atoms with Crippen molar-refractivity contribution in [1.29, 1.82) is 0 Å². The summed E-state index contributed by atoms with van der Waals surface area (Å²) in [5.41, 5.74) is 14.6. The summed E-state index contributed by atoms with van der Waals surface area (Å²) in [5.74, 6) is -0.227. The van der Waals surface area contributed by atoms with Crippen LogP contribution in [-0.2, 0) is 11.3 Å². The molecule has 1 fully saturated rings. The molecule has 0 unspecified atom stereocenters. The van der Waals surface area contributed by atoms with Crippen LogP contribution in [-0.4, -0.2) is 34.9 Å². The van der Waals surface area contributed by atoms with Gasteiger partial charge >= 0.3 is 0 Å². The van der Waals surface area contributed by atoms with Crippen LogP contribution in [0.1, 0.15) is 12.8 Å². The molecule has 1 saturated heterocycles. The van der Waals surface area contributed by atoms with Crippen LogP contribution < -0.4 is 21.8 Å². The number of nitrogen functional groups attached to an aromatic ring is 2. The predicted molar refractivity (Wildman–Crippen MR) is 142 cm³/mol. The first-order chi connectivity index (χ1) is 17.8. The number of nitrogens with zero attached hydrogens (tertiary/aromatic N) is 3. The number of rotatable bonds is 4. The minimum absolute atomic E-state index is 0.134. The number of nitrogens with two attached hydrogens (primary N) is 2. The lowest BCUT2D eigenvalue weighted by atomic mass is 10.00. The second kappa shape index (κ2) is 11.6. The number of thiol groups is 1. The average Bonchev–Trinajstić information content (AvgIpc) is 2.89. The third-order valence-corrected chi connectivity index (χ3v) is 6.44. The molecule has 2 aromatic carbocycles. The van der Waals surface area contributed by atoms with Crippen LogP contribution in [0.5, 0.6) is 5.88 Å². The summed E-state index contributed by atoms with van der Waals surface area (Å²) in [7, 11) is 1.52. The van der Waals surface area contributed by atoms with Crippen LogP contribution in [0.4, 0.5) is 20.4 Å². The van der Waals surface area contributed by atoms with Gasteiger partial charge in [0.25, 0.3) is 5.56 Å². The first kappa shape index (κ1) is 26.4. The van der Waals surface area contributed by atoms with Gasteiger partial charge in [0.2, 0.25) is 11.8 Å². The maximum atomic E-state index is 13.1. The fraction of sp³-hybridized carbons (Fsp3) is 0.269. The zero-order chi connectivity index (χ0) is 26.5. The molecule has 0 atom stereocenters. The smallest absolute Gasteiger partial charge is 0.262 e. The van der Waals surface area contributed by atoms with Gasteiger partial charge < -0.3 is 20.9 Å². The number of ether oxygens (including phenoxy) is 2. The Morgan fingerprint density at radius 3 is 2.51 bits per heavy atom. The van der Waals surface area contributed by atoms with E-state index in [9.17, 15) is 13.6 Å². The highest BCUT2D eigenvalue weighted by atomic mass is 32.1. The minimum atomic E-state index is -0.627. The van der Waals surface area contributed by atoms with E-state index in [4.69, 9.17) is 20.9 Å². The van der Waals surface area contributed by atoms with E-state index in [0.717, 1.165) is 49.3 Å². The Morgan fingerprint density at radius 2 is 1.86 bits per heavy atom. The van der Waals surface area contributed by atoms with Gasteiger partial charge in [0.1, 0.15) is 11.6 Å². The average molecular weight is 528 g/mol. The molecule has 0 aliphatic carbocycles. The fourth-order valence-corrected chi connectivity index (χ4v) is 4.20. The van der Waals surface area contributed by atoms with E-state index >= 15 is 0 Å². The van der Waals surface area contributed by atoms with Gasteiger partial charge in [-0.1, -0.05) is 6.07 Å². The standard InChI is InChI=1S/C20H23N5O3.C6H4F2S/c1-27-18-16(21)9-14(10-23-18)13-2-3-17-15(8-13)19(26)25(20(22)24-17)11-12-4-6-28-7-5-12;7-4-1-2-6(9)5(8)3-4/h2-3,8-10,12H,4-7,11,21H2,1H3,(H2,22,24);1-3,9H. The zero-order valence-corrected chi connectivity index (χ0v) is 21.1. The number of benzene rings is 2. The second-order valence-corrected chi connectivity index (χ2v) is 9.07. The molecule has 2 aromatic heterocycles. The van der Waals surface area contributed by atoms with Gasteiger partial charge in [-0.05, 0) is 54.7 Å². The summed E-state index contributed by atoms with van der Waals surface area (Å²) in [6, 6.07) is 10.5. The molecule has 37 heavy (non-hydrogen) atoms. The SMILES string of the molecule is COc1ncc(-c2ccc3nc(N)n(CC4CCOCC4)c(=O)c3c2)cc1N.Fc1ccc(S)c(F)c1. The van der Waals surface area contributed by atoms with Crippen molar-refractivity contribution < 1.29 is 18.3 Å². The van der Waals surface area contributed by atoms with E-state index in [2.05, 4.69) is 22.6 Å². The Bertz CT molecular complexity index is 1480. The fourth-order valence-electron chi connectivity index (χ4n) is 4.06. The van der Waals surface area contributed by atoms with E-state index in [-0.39, 0.29) is 16.4 Å². The van der Waals surface area contributed by atoms with Crippen LogP contribution in [0, 0.1) is 17.6 Å². The van der Waals surface area contributed by atoms with Crippen LogP contribution in [0.25, 0.3) is 22.0 Å². The number of fused-ring (bicyclic) bond motifs is 1. The number of anilines is 2. The van der Waals surface area contributed by atoms with Crippen molar-refractivity contribution in [3.05, 3.63) is 70.6 Å². The van der Waals surface area contributed by atoms with Crippen molar-refractivity contribution in [2.24, 2.45) is 5.92 Å². The second-order valence-electron chi connectivity index (χ2n) is 8.59. The minimum Gasteiger partial charge on any atom is -0.480 e. The number of hydrogen-bond acceptors (Lipinski definition) is 8. The topological polar surface area (TPSA) is 118 Å². The maximum absolute atomic E-state index is 13.1. The molecule has 1 aliphatic heterocycles. The molecule has 3 heterocycles. The molecular weight excluding hydrogens is 500 g/mol. The Hall–Kier alpha value is -3.70. The first-order valence-corrected chi connectivity index (χ1v) is 12.0. The molecular formula is C26H27F2N5O3S. The van der Waals surface area contributed by atoms with Gasteiger partial charge in [-0.2, -0.15) is 0 Å². The van der Waals surface area contributed by atoms with E-state index in [0.29, 0.717) is 34.9 Å². The molecule has 0 amide bonds. The molecule has 0 bridgehead atoms. The summed E-state index contributed by atoms with van der Waals surface area (Å²) in [5, 5.41) is 0.521. The number of aromatic nitrogens is 3.